The molecule has 0 saturated heterocycles. The second kappa shape index (κ2) is 8.94. The number of hydrogen-bond donors (Lipinski definition) is 0. The minimum absolute atomic E-state index is 0.371. The van der Waals surface area contributed by atoms with Crippen molar-refractivity contribution in [1.82, 2.24) is 19.6 Å². The molecule has 8 aromatic rings. The number of nitrogens with zero attached hydrogens (tertiary/aromatic N) is 6. The van der Waals surface area contributed by atoms with Crippen LogP contribution in [0.1, 0.15) is 30.8 Å². The number of benzene rings is 4. The van der Waals surface area contributed by atoms with E-state index in [0.717, 1.165) is 44.1 Å². The van der Waals surface area contributed by atoms with Crippen molar-refractivity contribution in [3.05, 3.63) is 126 Å². The summed E-state index contributed by atoms with van der Waals surface area (Å²) in [5.41, 5.74) is 5.29. The Bertz CT molecular complexity index is 2300. The third-order valence-corrected chi connectivity index (χ3v) is 8.09. The molecule has 4 aromatic carbocycles. The molecule has 0 radical (unpaired) electrons. The van der Waals surface area contributed by atoms with E-state index < -0.39 is 5.41 Å². The zero-order valence-electron chi connectivity index (χ0n) is 23.2. The van der Waals surface area contributed by atoms with Gasteiger partial charge in [-0.25, -0.2) is 14.2 Å². The van der Waals surface area contributed by atoms with Gasteiger partial charge in [-0.1, -0.05) is 60.7 Å². The lowest BCUT2D eigenvalue weighted by Gasteiger charge is -2.21. The third-order valence-electron chi connectivity index (χ3n) is 8.09. The first-order valence-electron chi connectivity index (χ1n) is 13.8. The monoisotopic (exact) mass is 558 g/mol. The first-order valence-corrected chi connectivity index (χ1v) is 13.8. The van der Waals surface area contributed by atoms with Crippen LogP contribution in [0.25, 0.3) is 60.1 Å². The summed E-state index contributed by atoms with van der Waals surface area (Å²) < 4.78 is 15.8. The number of para-hydroxylation sites is 4. The van der Waals surface area contributed by atoms with Crippen LogP contribution < -0.4 is 0 Å². The molecule has 0 saturated carbocycles. The predicted octanol–water partition coefficient (Wildman–Crippen LogP) is 8.61. The molecule has 0 aliphatic rings. The maximum Gasteiger partial charge on any atom is 0.228 e. The Hall–Kier alpha value is -6.12. The molecule has 0 bridgehead atoms. The molecule has 0 N–H and O–H groups in total. The number of furan rings is 2. The number of fused-ring (bicyclic) bond motifs is 6. The summed E-state index contributed by atoms with van der Waals surface area (Å²) in [4.78, 5) is 3.82. The Balaban J connectivity index is 1.27. The van der Waals surface area contributed by atoms with Gasteiger partial charge < -0.3 is 8.83 Å². The van der Waals surface area contributed by atoms with Crippen molar-refractivity contribution in [3.63, 3.8) is 0 Å². The molecule has 0 spiro atoms. The summed E-state index contributed by atoms with van der Waals surface area (Å²) >= 11 is 0. The van der Waals surface area contributed by atoms with Gasteiger partial charge in [-0.3, -0.25) is 0 Å². The maximum atomic E-state index is 10.2. The van der Waals surface area contributed by atoms with Crippen LogP contribution >= 0.6 is 0 Å². The smallest absolute Gasteiger partial charge is 0.228 e. The topological polar surface area (TPSA) is 90.1 Å². The Labute approximate surface area is 245 Å². The van der Waals surface area contributed by atoms with Gasteiger partial charge >= 0.3 is 0 Å². The van der Waals surface area contributed by atoms with Crippen molar-refractivity contribution in [1.29, 1.82) is 5.26 Å². The molecule has 4 heterocycles. The zero-order valence-corrected chi connectivity index (χ0v) is 23.2. The maximum absolute atomic E-state index is 10.2. The summed E-state index contributed by atoms with van der Waals surface area (Å²) in [6.07, 6.45) is 3.42. The molecule has 8 rings (SSSR count). The number of aromatic nitrogens is 4. The highest BCUT2D eigenvalue weighted by atomic mass is 16.3. The molecule has 0 fully saturated rings. The average molecular weight is 559 g/mol. The number of nitriles is 1. The molecular formula is C35H22N6O2. The normalized spacial score (nSPS) is 11.9. The Morgan fingerprint density at radius 3 is 1.77 bits per heavy atom. The van der Waals surface area contributed by atoms with Gasteiger partial charge in [0.05, 0.1) is 23.5 Å². The molecule has 0 aliphatic heterocycles. The zero-order chi connectivity index (χ0) is 29.3. The van der Waals surface area contributed by atoms with E-state index >= 15 is 0 Å². The first-order chi connectivity index (χ1) is 21.0. The van der Waals surface area contributed by atoms with E-state index in [1.165, 1.54) is 0 Å². The van der Waals surface area contributed by atoms with Crippen molar-refractivity contribution < 1.29 is 8.83 Å². The molecule has 204 valence electrons. The van der Waals surface area contributed by atoms with E-state index in [1.54, 1.807) is 21.8 Å². The van der Waals surface area contributed by atoms with Crippen LogP contribution in [0.3, 0.4) is 0 Å². The highest BCUT2D eigenvalue weighted by molar-refractivity contribution is 6.08. The molecule has 0 aliphatic carbocycles. The molecule has 0 amide bonds. The Morgan fingerprint density at radius 2 is 1.21 bits per heavy atom. The van der Waals surface area contributed by atoms with Gasteiger partial charge in [0.2, 0.25) is 5.69 Å². The van der Waals surface area contributed by atoms with Gasteiger partial charge in [0.15, 0.2) is 11.2 Å². The molecule has 8 nitrogen and oxygen atoms in total. The Kier molecular flexibility index (Phi) is 5.13. The number of hydrogen-bond acceptors (Lipinski definition) is 5. The van der Waals surface area contributed by atoms with E-state index in [4.69, 9.17) is 25.6 Å². The van der Waals surface area contributed by atoms with Crippen molar-refractivity contribution in [2.24, 2.45) is 0 Å². The lowest BCUT2D eigenvalue weighted by atomic mass is 9.83. The summed E-state index contributed by atoms with van der Waals surface area (Å²) in [6.45, 7) is 11.9. The fraction of sp³-hybridized carbons (Fsp3) is 0.0857. The fourth-order valence-corrected chi connectivity index (χ4v) is 5.99. The summed E-state index contributed by atoms with van der Waals surface area (Å²) in [7, 11) is 0. The highest BCUT2D eigenvalue weighted by Gasteiger charge is 2.35. The molecular weight excluding hydrogens is 536 g/mol. The van der Waals surface area contributed by atoms with Gasteiger partial charge in [0.1, 0.15) is 28.6 Å². The van der Waals surface area contributed by atoms with Gasteiger partial charge in [0.25, 0.3) is 0 Å². The SMILES string of the molecule is [C-]#[N+]c1cn(-c2cccc3c2oc2ccccc23)nc1C(C)(C)c1nn(-c2cccc3c2oc2ccccc23)cc1C#N. The minimum Gasteiger partial charge on any atom is -0.454 e. The molecule has 0 atom stereocenters. The van der Waals surface area contributed by atoms with Gasteiger partial charge in [0, 0.05) is 39.4 Å². The quantitative estimate of drug-likeness (QED) is 0.202. The van der Waals surface area contributed by atoms with Crippen molar-refractivity contribution in [3.8, 4) is 17.4 Å². The van der Waals surface area contributed by atoms with Crippen LogP contribution in [-0.2, 0) is 5.41 Å². The van der Waals surface area contributed by atoms with Crippen LogP contribution in [0.5, 0.6) is 0 Å². The Morgan fingerprint density at radius 1 is 0.698 bits per heavy atom. The molecule has 43 heavy (non-hydrogen) atoms. The van der Waals surface area contributed by atoms with Crippen LogP contribution in [0, 0.1) is 17.9 Å². The summed E-state index contributed by atoms with van der Waals surface area (Å²) in [5.74, 6) is 0. The minimum atomic E-state index is -0.884. The predicted molar refractivity (Wildman–Crippen MR) is 165 cm³/mol. The summed E-state index contributed by atoms with van der Waals surface area (Å²) in [5, 5.41) is 24.0. The summed E-state index contributed by atoms with van der Waals surface area (Å²) in [6, 6.07) is 29.9. The average Bonchev–Trinajstić information content (AvgIpc) is 3.82. The van der Waals surface area contributed by atoms with Crippen molar-refractivity contribution in [2.45, 2.75) is 19.3 Å². The molecule has 4 aromatic heterocycles. The van der Waals surface area contributed by atoms with Crippen LogP contribution in [0.15, 0.2) is 106 Å². The highest BCUT2D eigenvalue weighted by Crippen LogP contribution is 2.40. The second-order valence-electron chi connectivity index (χ2n) is 11.0. The van der Waals surface area contributed by atoms with Crippen LogP contribution in [0.4, 0.5) is 5.69 Å². The van der Waals surface area contributed by atoms with E-state index in [9.17, 15) is 5.26 Å². The van der Waals surface area contributed by atoms with Gasteiger partial charge in [-0.2, -0.15) is 15.5 Å². The van der Waals surface area contributed by atoms with E-state index in [-0.39, 0.29) is 0 Å². The lowest BCUT2D eigenvalue weighted by Crippen LogP contribution is -2.22. The fourth-order valence-electron chi connectivity index (χ4n) is 5.99. The lowest BCUT2D eigenvalue weighted by molar-refractivity contribution is 0.575. The molecule has 8 heteroatoms. The van der Waals surface area contributed by atoms with Crippen LogP contribution in [-0.4, -0.2) is 19.6 Å². The van der Waals surface area contributed by atoms with Crippen molar-refractivity contribution >= 4 is 49.6 Å². The van der Waals surface area contributed by atoms with Crippen molar-refractivity contribution in [2.75, 3.05) is 0 Å². The van der Waals surface area contributed by atoms with Crippen LogP contribution in [0.2, 0.25) is 0 Å². The van der Waals surface area contributed by atoms with E-state index in [1.807, 2.05) is 98.8 Å². The second-order valence-corrected chi connectivity index (χ2v) is 11.0. The van der Waals surface area contributed by atoms with Gasteiger partial charge in [-0.15, -0.1) is 0 Å². The van der Waals surface area contributed by atoms with E-state index in [2.05, 4.69) is 10.9 Å². The third kappa shape index (κ3) is 3.54. The first kappa shape index (κ1) is 24.7. The van der Waals surface area contributed by atoms with E-state index in [0.29, 0.717) is 33.8 Å². The largest absolute Gasteiger partial charge is 0.454 e. The standard InChI is InChI=1S/C35H22N6O2/c1-35(2,33-21(18-36)19-40(38-33)27-14-8-12-24-22-10-4-6-16-29(22)42-31(24)27)34-26(37-3)20-41(39-34)28-15-9-13-25-23-11-5-7-17-30(23)43-32(25)28/h4-17,19-20H,1-2H3. The van der Waals surface area contributed by atoms with Gasteiger partial charge in [-0.05, 0) is 38.1 Å². The molecule has 0 unspecified atom stereocenters. The number of rotatable bonds is 4.